The van der Waals surface area contributed by atoms with Crippen molar-refractivity contribution < 1.29 is 17.9 Å². The van der Waals surface area contributed by atoms with Crippen LogP contribution in [0, 0.1) is 0 Å². The van der Waals surface area contributed by atoms with Gasteiger partial charge in [-0.05, 0) is 38.3 Å². The van der Waals surface area contributed by atoms with Crippen molar-refractivity contribution in [2.24, 2.45) is 5.73 Å². The van der Waals surface area contributed by atoms with Gasteiger partial charge in [0.15, 0.2) is 9.84 Å². The molecule has 0 saturated carbocycles. The molecule has 0 radical (unpaired) electrons. The Balaban J connectivity index is 2.51. The summed E-state index contributed by atoms with van der Waals surface area (Å²) >= 11 is 0. The van der Waals surface area contributed by atoms with Crippen molar-refractivity contribution >= 4 is 15.9 Å². The lowest BCUT2D eigenvalue weighted by Gasteiger charge is -2.19. The first-order chi connectivity index (χ1) is 10.9. The molecule has 3 N–H and O–H groups in total. The lowest BCUT2D eigenvalue weighted by Crippen LogP contribution is -2.32. The fourth-order valence-corrected chi connectivity index (χ4v) is 2.35. The molecule has 6 nitrogen and oxygen atoms in total. The maximum atomic E-state index is 11.6. The summed E-state index contributed by atoms with van der Waals surface area (Å²) < 4.78 is 27.3. The van der Waals surface area contributed by atoms with E-state index in [2.05, 4.69) is 5.32 Å². The van der Waals surface area contributed by atoms with Crippen LogP contribution in [0.25, 0.3) is 0 Å². The van der Waals surface area contributed by atoms with Gasteiger partial charge in [-0.2, -0.15) is 0 Å². The predicted octanol–water partition coefficient (Wildman–Crippen LogP) is 2.14. The molecule has 0 aromatic heterocycles. The third-order valence-electron chi connectivity index (χ3n) is 2.90. The maximum absolute atomic E-state index is 11.6. The summed E-state index contributed by atoms with van der Waals surface area (Å²) in [5, 5.41) is 3.81. The normalized spacial score (nSPS) is 13.7. The monoisotopic (exact) mass is 354 g/mol. The third-order valence-corrected chi connectivity index (χ3v) is 3.55. The molecule has 0 unspecified atom stereocenters. The van der Waals surface area contributed by atoms with Crippen molar-refractivity contribution in [2.45, 2.75) is 45.4 Å². The van der Waals surface area contributed by atoms with Gasteiger partial charge in [0.2, 0.25) is 0 Å². The molecule has 1 atom stereocenters. The second-order valence-electron chi connectivity index (χ2n) is 6.70. The highest BCUT2D eigenvalue weighted by Crippen LogP contribution is 2.09. The van der Waals surface area contributed by atoms with E-state index in [9.17, 15) is 13.2 Å². The molecule has 1 aromatic rings. The molecule has 0 saturated heterocycles. The van der Waals surface area contributed by atoms with Gasteiger partial charge in [0.1, 0.15) is 5.60 Å². The quantitative estimate of drug-likeness (QED) is 0.815. The lowest BCUT2D eigenvalue weighted by molar-refractivity contribution is 0.0523. The molecule has 0 aliphatic carbocycles. The molecule has 1 aromatic carbocycles. The summed E-state index contributed by atoms with van der Waals surface area (Å²) in [6.45, 7) is 5.80. The molecule has 0 aliphatic heterocycles. The predicted molar refractivity (Wildman–Crippen MR) is 95.2 cm³/mol. The Morgan fingerprint density at radius 1 is 1.25 bits per heavy atom. The number of carbonyl (C=O) groups is 1. The molecule has 0 aliphatic rings. The number of ether oxygens (including phenoxy) is 1. The number of sulfone groups is 1. The molecule has 7 heteroatoms. The summed E-state index contributed by atoms with van der Waals surface area (Å²) in [5.41, 5.74) is 7.28. The number of carbonyl (C=O) groups excluding carboxylic acids is 1. The van der Waals surface area contributed by atoms with Crippen LogP contribution in [-0.2, 0) is 27.5 Å². The Bertz CT molecular complexity index is 674. The van der Waals surface area contributed by atoms with E-state index < -0.39 is 21.5 Å². The standard InChI is InChI=1S/C17H26N2O4S/c1-17(2,3)23-16(20)19-12-14-7-5-13(6-8-14)11-15(18)9-10-24(4,21)22/h5-10,15H,11-12,18H2,1-4H3,(H,19,20)/t15-/m1/s1. The van der Waals surface area contributed by atoms with Crippen LogP contribution in [0.1, 0.15) is 31.9 Å². The summed E-state index contributed by atoms with van der Waals surface area (Å²) in [4.78, 5) is 11.6. The Morgan fingerprint density at radius 2 is 1.79 bits per heavy atom. The van der Waals surface area contributed by atoms with Gasteiger partial charge in [0.25, 0.3) is 0 Å². The van der Waals surface area contributed by atoms with Gasteiger partial charge in [-0.25, -0.2) is 13.2 Å². The first kappa shape index (κ1) is 20.2. The van der Waals surface area contributed by atoms with Crippen LogP contribution in [0.2, 0.25) is 0 Å². The smallest absolute Gasteiger partial charge is 0.407 e. The van der Waals surface area contributed by atoms with E-state index in [1.165, 1.54) is 6.08 Å². The minimum atomic E-state index is -3.16. The highest BCUT2D eigenvalue weighted by molar-refractivity contribution is 7.93. The molecule has 0 spiro atoms. The van der Waals surface area contributed by atoms with E-state index in [1.807, 2.05) is 45.0 Å². The molecule has 0 fully saturated rings. The van der Waals surface area contributed by atoms with Gasteiger partial charge in [0, 0.05) is 24.3 Å². The first-order valence-corrected chi connectivity index (χ1v) is 9.58. The number of hydrogen-bond donors (Lipinski definition) is 2. The number of amides is 1. The average Bonchev–Trinajstić information content (AvgIpc) is 2.42. The van der Waals surface area contributed by atoms with Crippen LogP contribution in [0.4, 0.5) is 4.79 Å². The zero-order chi connectivity index (χ0) is 18.4. The van der Waals surface area contributed by atoms with Crippen LogP contribution in [0.3, 0.4) is 0 Å². The molecule has 1 rings (SSSR count). The van der Waals surface area contributed by atoms with Crippen molar-refractivity contribution in [1.29, 1.82) is 0 Å². The van der Waals surface area contributed by atoms with Crippen molar-refractivity contribution in [3.8, 4) is 0 Å². The molecule has 0 bridgehead atoms. The fourth-order valence-electron chi connectivity index (χ4n) is 1.87. The number of rotatable bonds is 6. The zero-order valence-corrected chi connectivity index (χ0v) is 15.4. The summed E-state index contributed by atoms with van der Waals surface area (Å²) in [7, 11) is -3.16. The van der Waals surface area contributed by atoms with Gasteiger partial charge >= 0.3 is 6.09 Å². The van der Waals surface area contributed by atoms with Crippen LogP contribution in [-0.4, -0.2) is 32.4 Å². The van der Waals surface area contributed by atoms with Crippen molar-refractivity contribution in [1.82, 2.24) is 5.32 Å². The zero-order valence-electron chi connectivity index (χ0n) is 14.6. The summed E-state index contributed by atoms with van der Waals surface area (Å²) in [6.07, 6.45) is 2.68. The number of hydrogen-bond acceptors (Lipinski definition) is 5. The van der Waals surface area contributed by atoms with E-state index >= 15 is 0 Å². The summed E-state index contributed by atoms with van der Waals surface area (Å²) in [6, 6.07) is 7.21. The highest BCUT2D eigenvalue weighted by atomic mass is 32.2. The minimum Gasteiger partial charge on any atom is -0.444 e. The highest BCUT2D eigenvalue weighted by Gasteiger charge is 2.15. The van der Waals surface area contributed by atoms with E-state index in [4.69, 9.17) is 10.5 Å². The largest absolute Gasteiger partial charge is 0.444 e. The van der Waals surface area contributed by atoms with E-state index in [0.29, 0.717) is 13.0 Å². The lowest BCUT2D eigenvalue weighted by atomic mass is 10.0. The third kappa shape index (κ3) is 9.32. The Morgan fingerprint density at radius 3 is 2.29 bits per heavy atom. The second-order valence-corrected chi connectivity index (χ2v) is 8.63. The first-order valence-electron chi connectivity index (χ1n) is 7.63. The fraction of sp³-hybridized carbons (Fsp3) is 0.471. The molecule has 24 heavy (non-hydrogen) atoms. The number of nitrogens with two attached hydrogens (primary N) is 1. The SMILES string of the molecule is CC(C)(C)OC(=O)NCc1ccc(C[C@H](N)C=CS(C)(=O)=O)cc1. The average molecular weight is 354 g/mol. The van der Waals surface area contributed by atoms with Crippen molar-refractivity contribution in [2.75, 3.05) is 6.26 Å². The maximum Gasteiger partial charge on any atom is 0.407 e. The summed E-state index contributed by atoms with van der Waals surface area (Å²) in [5.74, 6) is 0. The van der Waals surface area contributed by atoms with Gasteiger partial charge in [-0.3, -0.25) is 0 Å². The molecule has 134 valence electrons. The van der Waals surface area contributed by atoms with Crippen molar-refractivity contribution in [3.63, 3.8) is 0 Å². The van der Waals surface area contributed by atoms with E-state index in [1.54, 1.807) is 0 Å². The van der Waals surface area contributed by atoms with E-state index in [-0.39, 0.29) is 6.04 Å². The number of alkyl carbamates (subject to hydrolysis) is 1. The Labute approximate surface area is 144 Å². The molecular formula is C17H26N2O4S. The topological polar surface area (TPSA) is 98.5 Å². The Kier molecular flexibility index (Phi) is 6.98. The molecule has 1 amide bonds. The van der Waals surface area contributed by atoms with Gasteiger partial charge < -0.3 is 15.8 Å². The van der Waals surface area contributed by atoms with Gasteiger partial charge in [-0.15, -0.1) is 0 Å². The second kappa shape index (κ2) is 8.30. The van der Waals surface area contributed by atoms with Crippen LogP contribution >= 0.6 is 0 Å². The van der Waals surface area contributed by atoms with Crippen LogP contribution in [0.15, 0.2) is 35.7 Å². The van der Waals surface area contributed by atoms with E-state index in [0.717, 1.165) is 22.8 Å². The van der Waals surface area contributed by atoms with Gasteiger partial charge in [0.05, 0.1) is 0 Å². The van der Waals surface area contributed by atoms with Gasteiger partial charge in [-0.1, -0.05) is 30.3 Å². The number of benzene rings is 1. The number of nitrogens with one attached hydrogen (secondary N) is 1. The van der Waals surface area contributed by atoms with Crippen LogP contribution in [0.5, 0.6) is 0 Å². The molecular weight excluding hydrogens is 328 g/mol. The van der Waals surface area contributed by atoms with Crippen LogP contribution < -0.4 is 11.1 Å². The Hall–Kier alpha value is -1.86. The minimum absolute atomic E-state index is 0.370. The van der Waals surface area contributed by atoms with Crippen molar-refractivity contribution in [3.05, 3.63) is 46.9 Å². The molecule has 0 heterocycles.